The first-order valence-electron chi connectivity index (χ1n) is 13.2. The van der Waals surface area contributed by atoms with Crippen LogP contribution in [0.1, 0.15) is 54.2 Å². The Bertz CT molecular complexity index is 1220. The smallest absolute Gasteiger partial charge is 0.234 e. The van der Waals surface area contributed by atoms with Gasteiger partial charge >= 0.3 is 0 Å². The fourth-order valence-electron chi connectivity index (χ4n) is 6.02. The molecule has 204 valence electrons. The number of allylic oxidation sites excluding steroid dienone is 1. The van der Waals surface area contributed by atoms with Gasteiger partial charge in [0.1, 0.15) is 5.75 Å². The third kappa shape index (κ3) is 5.50. The van der Waals surface area contributed by atoms with Gasteiger partial charge in [0, 0.05) is 10.8 Å². The van der Waals surface area contributed by atoms with E-state index in [-0.39, 0.29) is 38.0 Å². The number of carbonyl (C=O) groups is 2. The minimum atomic E-state index is -0.956. The number of hydrogen-bond donors (Lipinski definition) is 4. The van der Waals surface area contributed by atoms with E-state index in [1.54, 1.807) is 0 Å². The Morgan fingerprint density at radius 3 is 2.47 bits per heavy atom. The first kappa shape index (κ1) is 28.2. The van der Waals surface area contributed by atoms with Crippen molar-refractivity contribution in [1.29, 1.82) is 0 Å². The average Bonchev–Trinajstić information content (AvgIpc) is 3.51. The number of aliphatic hydroxyl groups is 3. The van der Waals surface area contributed by atoms with Gasteiger partial charge in [-0.2, -0.15) is 0 Å². The van der Waals surface area contributed by atoms with Gasteiger partial charge in [0.15, 0.2) is 0 Å². The van der Waals surface area contributed by atoms with E-state index in [9.17, 15) is 30.0 Å². The lowest BCUT2D eigenvalue weighted by atomic mass is 9.68. The first-order valence-corrected chi connectivity index (χ1v) is 14.1. The molecule has 8 heteroatoms. The van der Waals surface area contributed by atoms with Crippen molar-refractivity contribution >= 4 is 29.2 Å². The highest BCUT2D eigenvalue weighted by Crippen LogP contribution is 2.46. The summed E-state index contributed by atoms with van der Waals surface area (Å²) < 4.78 is 0. The van der Waals surface area contributed by atoms with Gasteiger partial charge in [-0.25, -0.2) is 0 Å². The summed E-state index contributed by atoms with van der Waals surface area (Å²) in [5.74, 6) is -2.39. The van der Waals surface area contributed by atoms with Crippen LogP contribution in [0.3, 0.4) is 0 Å². The highest BCUT2D eigenvalue weighted by molar-refractivity contribution is 7.09. The van der Waals surface area contributed by atoms with E-state index in [0.717, 1.165) is 33.6 Å². The Morgan fingerprint density at radius 2 is 1.89 bits per heavy atom. The molecule has 1 aliphatic carbocycles. The van der Waals surface area contributed by atoms with Gasteiger partial charge in [0.2, 0.25) is 11.8 Å². The van der Waals surface area contributed by atoms with Crippen LogP contribution >= 0.6 is 11.3 Å². The maximum Gasteiger partial charge on any atom is 0.234 e. The summed E-state index contributed by atoms with van der Waals surface area (Å²) in [5.41, 5.74) is 4.75. The summed E-state index contributed by atoms with van der Waals surface area (Å²) in [7, 11) is 0. The van der Waals surface area contributed by atoms with Crippen molar-refractivity contribution in [1.82, 2.24) is 4.90 Å². The van der Waals surface area contributed by atoms with Crippen LogP contribution in [0.4, 0.5) is 0 Å². The number of fused-ring (bicyclic) bond motifs is 1. The second-order valence-corrected chi connectivity index (χ2v) is 11.4. The number of imide groups is 1. The lowest BCUT2D eigenvalue weighted by Crippen LogP contribution is -2.39. The zero-order chi connectivity index (χ0) is 27.6. The number of aryl methyl sites for hydroxylation is 2. The van der Waals surface area contributed by atoms with Crippen LogP contribution in [0.2, 0.25) is 0 Å². The molecular formula is C30H37NO6S. The summed E-state index contributed by atoms with van der Waals surface area (Å²) in [6.07, 6.45) is 3.04. The second-order valence-electron chi connectivity index (χ2n) is 10.4. The summed E-state index contributed by atoms with van der Waals surface area (Å²) >= 11 is 1.47. The number of nitrogens with zero attached hydrogens (tertiary/aromatic N) is 1. The number of benzene rings is 1. The molecule has 1 fully saturated rings. The van der Waals surface area contributed by atoms with Crippen molar-refractivity contribution in [2.75, 3.05) is 13.2 Å². The standard InChI is InChI=1S/C30H37NO6S/c1-4-19(12-20-10-17(2)28(35)18(3)11-20)7-8-25(34)26-21(15-32)13-23-27(24(26)16-33)30(37)31(29(23)36)14-22-6-5-9-38-22/h5-6,9-12,23-25,27,32-35H,4,7-8,13-16H2,1-3H3/b19-12+/t23-,24+,25-,27-/m1/s1. The van der Waals surface area contributed by atoms with Crippen molar-refractivity contribution in [3.8, 4) is 5.75 Å². The Balaban J connectivity index is 1.54. The number of aromatic hydroxyl groups is 1. The minimum Gasteiger partial charge on any atom is -0.507 e. The van der Waals surface area contributed by atoms with Crippen LogP contribution in [0, 0.1) is 31.6 Å². The molecule has 1 saturated heterocycles. The largest absolute Gasteiger partial charge is 0.507 e. The van der Waals surface area contributed by atoms with E-state index in [2.05, 4.69) is 6.08 Å². The molecule has 4 N–H and O–H groups in total. The lowest BCUT2D eigenvalue weighted by molar-refractivity contribution is -0.140. The minimum absolute atomic E-state index is 0.202. The van der Waals surface area contributed by atoms with E-state index >= 15 is 0 Å². The fourth-order valence-corrected chi connectivity index (χ4v) is 6.71. The maximum absolute atomic E-state index is 13.4. The van der Waals surface area contributed by atoms with Gasteiger partial charge in [-0.05, 0) is 90.9 Å². The molecule has 0 spiro atoms. The highest BCUT2D eigenvalue weighted by atomic mass is 32.1. The Labute approximate surface area is 227 Å². The molecule has 2 aromatic rings. The molecule has 2 heterocycles. The molecule has 0 unspecified atom stereocenters. The molecule has 2 amide bonds. The van der Waals surface area contributed by atoms with E-state index < -0.39 is 23.9 Å². The molecule has 0 bridgehead atoms. The summed E-state index contributed by atoms with van der Waals surface area (Å²) in [5, 5.41) is 43.8. The van der Waals surface area contributed by atoms with Crippen molar-refractivity contribution < 1.29 is 30.0 Å². The number of hydrogen-bond acceptors (Lipinski definition) is 7. The molecule has 0 saturated carbocycles. The van der Waals surface area contributed by atoms with E-state index in [1.165, 1.54) is 16.2 Å². The number of aliphatic hydroxyl groups excluding tert-OH is 3. The third-order valence-electron chi connectivity index (χ3n) is 7.99. The first-order chi connectivity index (χ1) is 18.2. The van der Waals surface area contributed by atoms with Gasteiger partial charge < -0.3 is 20.4 Å². The van der Waals surface area contributed by atoms with Crippen molar-refractivity contribution in [3.05, 3.63) is 67.9 Å². The van der Waals surface area contributed by atoms with E-state index in [4.69, 9.17) is 0 Å². The second kappa shape index (κ2) is 11.9. The summed E-state index contributed by atoms with van der Waals surface area (Å²) in [6.45, 7) is 5.25. The normalized spacial score (nSPS) is 22.8. The molecule has 1 aliphatic heterocycles. The molecule has 38 heavy (non-hydrogen) atoms. The van der Waals surface area contributed by atoms with Crippen LogP contribution in [0.5, 0.6) is 5.75 Å². The van der Waals surface area contributed by atoms with Gasteiger partial charge in [-0.15, -0.1) is 11.3 Å². The van der Waals surface area contributed by atoms with Crippen LogP contribution < -0.4 is 0 Å². The number of likely N-dealkylation sites (tertiary alicyclic amines) is 1. The predicted octanol–water partition coefficient (Wildman–Crippen LogP) is 4.11. The number of thiophene rings is 1. The molecule has 1 aromatic carbocycles. The van der Waals surface area contributed by atoms with Crippen LogP contribution in [-0.4, -0.2) is 56.5 Å². The Hall–Kier alpha value is -2.78. The number of carbonyl (C=O) groups excluding carboxylic acids is 2. The topological polar surface area (TPSA) is 118 Å². The zero-order valence-corrected chi connectivity index (χ0v) is 23.0. The number of phenols is 1. The van der Waals surface area contributed by atoms with Gasteiger partial charge in [0.05, 0.1) is 37.7 Å². The molecule has 7 nitrogen and oxygen atoms in total. The zero-order valence-electron chi connectivity index (χ0n) is 22.2. The van der Waals surface area contributed by atoms with Gasteiger partial charge in [-0.1, -0.05) is 24.6 Å². The maximum atomic E-state index is 13.4. The summed E-state index contributed by atoms with van der Waals surface area (Å²) in [6, 6.07) is 7.60. The van der Waals surface area contributed by atoms with Crippen LogP contribution in [0.15, 0.2) is 46.4 Å². The molecule has 1 aromatic heterocycles. The van der Waals surface area contributed by atoms with Crippen LogP contribution in [0.25, 0.3) is 6.08 Å². The molecule has 2 aliphatic rings. The van der Waals surface area contributed by atoms with Gasteiger partial charge in [-0.3, -0.25) is 14.5 Å². The third-order valence-corrected chi connectivity index (χ3v) is 8.85. The summed E-state index contributed by atoms with van der Waals surface area (Å²) in [4.78, 5) is 28.8. The monoisotopic (exact) mass is 539 g/mol. The van der Waals surface area contributed by atoms with E-state index in [0.29, 0.717) is 29.7 Å². The SMILES string of the molecule is CC/C(=C\c1cc(C)c(O)c(C)c1)CC[C@@H](O)C1=C(CO)C[C@H]2C(=O)N(Cc3cccs3)C(=O)[C@H]2[C@H]1CO. The molecule has 4 rings (SSSR count). The lowest BCUT2D eigenvalue weighted by Gasteiger charge is -2.36. The fraction of sp³-hybridized carbons (Fsp3) is 0.467. The van der Waals surface area contributed by atoms with Gasteiger partial charge in [0.25, 0.3) is 0 Å². The van der Waals surface area contributed by atoms with E-state index in [1.807, 2.05) is 50.4 Å². The quantitative estimate of drug-likeness (QED) is 0.267. The van der Waals surface area contributed by atoms with Crippen molar-refractivity contribution in [3.63, 3.8) is 0 Å². The number of rotatable bonds is 10. The molecule has 4 atom stereocenters. The highest BCUT2D eigenvalue weighted by Gasteiger charge is 2.54. The molecular weight excluding hydrogens is 502 g/mol. The van der Waals surface area contributed by atoms with Crippen molar-refractivity contribution in [2.45, 2.75) is 59.1 Å². The predicted molar refractivity (Wildman–Crippen MR) is 147 cm³/mol. The van der Waals surface area contributed by atoms with Crippen LogP contribution in [-0.2, 0) is 16.1 Å². The van der Waals surface area contributed by atoms with Crippen molar-refractivity contribution in [2.24, 2.45) is 17.8 Å². The average molecular weight is 540 g/mol. The number of amides is 2. The Kier molecular flexibility index (Phi) is 8.88. The Morgan fingerprint density at radius 1 is 1.18 bits per heavy atom. The number of phenolic OH excluding ortho intramolecular Hbond substituents is 1. The molecule has 0 radical (unpaired) electrons.